The summed E-state index contributed by atoms with van der Waals surface area (Å²) in [6, 6.07) is 1.22. The molecule has 0 aromatic carbocycles. The number of fused-ring (bicyclic) bond motifs is 1. The monoisotopic (exact) mass is 152 g/mol. The second kappa shape index (κ2) is 2.02. The third-order valence-corrected chi connectivity index (χ3v) is 1.76. The summed E-state index contributed by atoms with van der Waals surface area (Å²) in [5.41, 5.74) is -0.182. The number of hydrogen-bond acceptors (Lipinski definition) is 2. The zero-order valence-electron chi connectivity index (χ0n) is 5.90. The van der Waals surface area contributed by atoms with Gasteiger partial charge in [-0.25, -0.2) is 9.36 Å². The minimum atomic E-state index is -0.182. The normalized spacial score (nSPS) is 14.9. The van der Waals surface area contributed by atoms with Gasteiger partial charge in [0.2, 0.25) is 5.88 Å². The van der Waals surface area contributed by atoms with Crippen LogP contribution >= 0.6 is 0 Å². The van der Waals surface area contributed by atoms with Crippen LogP contribution in [0.15, 0.2) is 16.9 Å². The fraction of sp³-hybridized carbons (Fsp3) is 0.286. The standard InChI is InChI=1S/C7H8N2O2/c10-6-5-7(11)9-4-2-1-3-8(6)9/h1,3,5,11H,2,4H2. The lowest BCUT2D eigenvalue weighted by Crippen LogP contribution is -2.20. The average molecular weight is 152 g/mol. The van der Waals surface area contributed by atoms with Crippen molar-refractivity contribution < 1.29 is 5.11 Å². The first kappa shape index (κ1) is 6.27. The van der Waals surface area contributed by atoms with Crippen molar-refractivity contribution in [1.82, 2.24) is 9.36 Å². The Hall–Kier alpha value is -1.45. The van der Waals surface area contributed by atoms with Crippen molar-refractivity contribution in [3.63, 3.8) is 0 Å². The molecule has 0 unspecified atom stereocenters. The molecule has 2 rings (SSSR count). The van der Waals surface area contributed by atoms with Gasteiger partial charge in [0.15, 0.2) is 0 Å². The first-order chi connectivity index (χ1) is 5.29. The summed E-state index contributed by atoms with van der Waals surface area (Å²) < 4.78 is 2.95. The first-order valence-electron chi connectivity index (χ1n) is 3.47. The number of allylic oxidation sites excluding steroid dienone is 1. The van der Waals surface area contributed by atoms with Crippen molar-refractivity contribution in [3.05, 3.63) is 22.5 Å². The van der Waals surface area contributed by atoms with E-state index < -0.39 is 0 Å². The molecule has 1 aromatic rings. The zero-order valence-corrected chi connectivity index (χ0v) is 5.90. The molecule has 1 aliphatic heterocycles. The molecular formula is C7H8N2O2. The summed E-state index contributed by atoms with van der Waals surface area (Å²) in [7, 11) is 0. The third-order valence-electron chi connectivity index (χ3n) is 1.76. The topological polar surface area (TPSA) is 47.2 Å². The zero-order chi connectivity index (χ0) is 7.84. The third kappa shape index (κ3) is 0.790. The predicted molar refractivity (Wildman–Crippen MR) is 40.3 cm³/mol. The van der Waals surface area contributed by atoms with E-state index in [1.165, 1.54) is 10.7 Å². The van der Waals surface area contributed by atoms with Gasteiger partial charge in [-0.05, 0) is 6.42 Å². The van der Waals surface area contributed by atoms with E-state index in [2.05, 4.69) is 0 Å². The van der Waals surface area contributed by atoms with Crippen LogP contribution in [0.4, 0.5) is 0 Å². The second-order valence-electron chi connectivity index (χ2n) is 2.48. The van der Waals surface area contributed by atoms with Crippen molar-refractivity contribution in [2.45, 2.75) is 13.0 Å². The Morgan fingerprint density at radius 1 is 1.55 bits per heavy atom. The Bertz CT molecular complexity index is 359. The largest absolute Gasteiger partial charge is 0.493 e. The quantitative estimate of drug-likeness (QED) is 0.578. The van der Waals surface area contributed by atoms with Gasteiger partial charge >= 0.3 is 0 Å². The van der Waals surface area contributed by atoms with E-state index >= 15 is 0 Å². The maximum Gasteiger partial charge on any atom is 0.274 e. The van der Waals surface area contributed by atoms with Crippen LogP contribution in [0.3, 0.4) is 0 Å². The van der Waals surface area contributed by atoms with E-state index in [9.17, 15) is 9.90 Å². The van der Waals surface area contributed by atoms with Gasteiger partial charge in [-0.3, -0.25) is 4.79 Å². The van der Waals surface area contributed by atoms with E-state index in [1.807, 2.05) is 6.08 Å². The molecule has 0 spiro atoms. The van der Waals surface area contributed by atoms with Gasteiger partial charge in [-0.2, -0.15) is 0 Å². The summed E-state index contributed by atoms with van der Waals surface area (Å²) >= 11 is 0. The lowest BCUT2D eigenvalue weighted by Gasteiger charge is -2.11. The molecule has 0 saturated carbocycles. The Labute approximate surface area is 63.0 Å². The van der Waals surface area contributed by atoms with E-state index in [-0.39, 0.29) is 11.4 Å². The summed E-state index contributed by atoms with van der Waals surface area (Å²) in [6.07, 6.45) is 4.44. The fourth-order valence-corrected chi connectivity index (χ4v) is 1.23. The molecule has 4 heteroatoms. The van der Waals surface area contributed by atoms with Crippen molar-refractivity contribution >= 4 is 6.20 Å². The van der Waals surface area contributed by atoms with Crippen molar-refractivity contribution in [3.8, 4) is 5.88 Å². The van der Waals surface area contributed by atoms with Gasteiger partial charge in [0, 0.05) is 12.7 Å². The van der Waals surface area contributed by atoms with Crippen molar-refractivity contribution in [2.24, 2.45) is 0 Å². The van der Waals surface area contributed by atoms with E-state index in [4.69, 9.17) is 0 Å². The predicted octanol–water partition coefficient (Wildman–Crippen LogP) is 0.230. The highest BCUT2D eigenvalue weighted by atomic mass is 16.3. The van der Waals surface area contributed by atoms with E-state index in [0.717, 1.165) is 6.42 Å². The molecule has 0 aliphatic carbocycles. The number of aromatic hydroxyl groups is 1. The van der Waals surface area contributed by atoms with Gasteiger partial charge in [-0.15, -0.1) is 0 Å². The Morgan fingerprint density at radius 2 is 2.36 bits per heavy atom. The van der Waals surface area contributed by atoms with Crippen LogP contribution in [0.25, 0.3) is 6.20 Å². The minimum Gasteiger partial charge on any atom is -0.493 e. The van der Waals surface area contributed by atoms with Gasteiger partial charge in [0.05, 0.1) is 6.07 Å². The Morgan fingerprint density at radius 3 is 3.09 bits per heavy atom. The molecule has 0 amide bonds. The average Bonchev–Trinajstić information content (AvgIpc) is 2.30. The highest BCUT2D eigenvalue weighted by Crippen LogP contribution is 2.10. The molecule has 0 atom stereocenters. The van der Waals surface area contributed by atoms with Crippen LogP contribution in [0, 0.1) is 0 Å². The maximum atomic E-state index is 11.0. The molecule has 0 saturated heterocycles. The molecule has 0 fully saturated rings. The molecule has 1 aliphatic rings. The number of aromatic nitrogens is 2. The van der Waals surface area contributed by atoms with E-state index in [0.29, 0.717) is 6.54 Å². The molecule has 1 aromatic heterocycles. The van der Waals surface area contributed by atoms with Crippen LogP contribution in [0.1, 0.15) is 6.42 Å². The highest BCUT2D eigenvalue weighted by Gasteiger charge is 2.09. The summed E-state index contributed by atoms with van der Waals surface area (Å²) in [6.45, 7) is 0.671. The molecule has 1 N–H and O–H groups in total. The molecule has 4 nitrogen and oxygen atoms in total. The van der Waals surface area contributed by atoms with Crippen LogP contribution in [0.2, 0.25) is 0 Å². The number of nitrogens with zero attached hydrogens (tertiary/aromatic N) is 2. The molecular weight excluding hydrogens is 144 g/mol. The van der Waals surface area contributed by atoms with Gasteiger partial charge < -0.3 is 5.11 Å². The maximum absolute atomic E-state index is 11.0. The summed E-state index contributed by atoms with van der Waals surface area (Å²) in [5.74, 6) is 0.0411. The summed E-state index contributed by atoms with van der Waals surface area (Å²) in [5, 5.41) is 9.19. The Balaban J connectivity index is 2.73. The molecule has 58 valence electrons. The lowest BCUT2D eigenvalue weighted by atomic mass is 10.4. The lowest BCUT2D eigenvalue weighted by molar-refractivity contribution is 0.384. The van der Waals surface area contributed by atoms with Crippen molar-refractivity contribution in [1.29, 1.82) is 0 Å². The van der Waals surface area contributed by atoms with Gasteiger partial charge in [0.1, 0.15) is 0 Å². The first-order valence-corrected chi connectivity index (χ1v) is 3.47. The van der Waals surface area contributed by atoms with Crippen LogP contribution in [-0.4, -0.2) is 14.5 Å². The van der Waals surface area contributed by atoms with Crippen LogP contribution < -0.4 is 5.56 Å². The highest BCUT2D eigenvalue weighted by molar-refractivity contribution is 5.26. The van der Waals surface area contributed by atoms with Gasteiger partial charge in [0.25, 0.3) is 5.56 Å². The molecule has 11 heavy (non-hydrogen) atoms. The van der Waals surface area contributed by atoms with Crippen molar-refractivity contribution in [2.75, 3.05) is 0 Å². The SMILES string of the molecule is O=c1cc(O)n2n1C=CCC2. The summed E-state index contributed by atoms with van der Waals surface area (Å²) in [4.78, 5) is 11.0. The minimum absolute atomic E-state index is 0.0411. The second-order valence-corrected chi connectivity index (χ2v) is 2.48. The smallest absolute Gasteiger partial charge is 0.274 e. The number of rotatable bonds is 0. The Kier molecular flexibility index (Phi) is 1.15. The van der Waals surface area contributed by atoms with Crippen LogP contribution in [-0.2, 0) is 6.54 Å². The molecule has 0 radical (unpaired) electrons. The molecule has 0 bridgehead atoms. The number of hydrogen-bond donors (Lipinski definition) is 1. The van der Waals surface area contributed by atoms with Gasteiger partial charge in [-0.1, -0.05) is 6.08 Å². The fourth-order valence-electron chi connectivity index (χ4n) is 1.23. The molecule has 2 heterocycles. The van der Waals surface area contributed by atoms with E-state index in [1.54, 1.807) is 10.9 Å². The van der Waals surface area contributed by atoms with Crippen LogP contribution in [0.5, 0.6) is 5.88 Å².